The summed E-state index contributed by atoms with van der Waals surface area (Å²) in [5, 5.41) is 3.56. The highest BCUT2D eigenvalue weighted by Crippen LogP contribution is 2.34. The fourth-order valence-electron chi connectivity index (χ4n) is 2.03. The molecule has 0 saturated heterocycles. The first-order valence-electron chi connectivity index (χ1n) is 6.13. The molecule has 1 atom stereocenters. The maximum Gasteiger partial charge on any atom is 0.131 e. The zero-order chi connectivity index (χ0) is 14.8. The third-order valence-corrected chi connectivity index (χ3v) is 4.39. The molecule has 0 spiro atoms. The van der Waals surface area contributed by atoms with Crippen molar-refractivity contribution in [2.45, 2.75) is 6.04 Å². The molecule has 0 aliphatic rings. The molecule has 1 aromatic carbocycles. The number of anilines is 1. The summed E-state index contributed by atoms with van der Waals surface area (Å²) in [6, 6.07) is 11.4. The van der Waals surface area contributed by atoms with Gasteiger partial charge in [-0.3, -0.25) is 0 Å². The Morgan fingerprint density at radius 3 is 2.62 bits per heavy atom. The van der Waals surface area contributed by atoms with Gasteiger partial charge in [0.05, 0.1) is 10.6 Å². The van der Waals surface area contributed by atoms with Gasteiger partial charge in [-0.1, -0.05) is 23.2 Å². The number of hydrogen-bond donors (Lipinski definition) is 1. The van der Waals surface area contributed by atoms with Crippen molar-refractivity contribution in [3.8, 4) is 0 Å². The Bertz CT molecular complexity index is 722. The Hall–Kier alpha value is -1.49. The van der Waals surface area contributed by atoms with Crippen LogP contribution in [-0.2, 0) is 0 Å². The average molecular weight is 342 g/mol. The summed E-state index contributed by atoms with van der Waals surface area (Å²) in [6.07, 6.45) is 1.60. The van der Waals surface area contributed by atoms with E-state index in [9.17, 15) is 4.39 Å². The molecule has 2 heterocycles. The molecular formula is C15H10Cl2FNOS. The van der Waals surface area contributed by atoms with Crippen molar-refractivity contribution >= 4 is 40.2 Å². The van der Waals surface area contributed by atoms with Gasteiger partial charge in [0.1, 0.15) is 17.6 Å². The molecule has 108 valence electrons. The van der Waals surface area contributed by atoms with Crippen LogP contribution in [0, 0.1) is 5.82 Å². The largest absolute Gasteiger partial charge is 0.467 e. The third kappa shape index (κ3) is 3.40. The Labute approximate surface area is 135 Å². The van der Waals surface area contributed by atoms with Crippen LogP contribution >= 0.6 is 34.5 Å². The van der Waals surface area contributed by atoms with Gasteiger partial charge < -0.3 is 9.73 Å². The topological polar surface area (TPSA) is 25.2 Å². The molecule has 0 bridgehead atoms. The van der Waals surface area contributed by atoms with Crippen molar-refractivity contribution < 1.29 is 8.81 Å². The summed E-state index contributed by atoms with van der Waals surface area (Å²) in [5.41, 5.74) is 0.575. The number of furan rings is 1. The smallest absolute Gasteiger partial charge is 0.131 e. The first-order chi connectivity index (χ1) is 10.1. The highest BCUT2D eigenvalue weighted by Gasteiger charge is 2.19. The average Bonchev–Trinajstić information content (AvgIpc) is 3.06. The Kier molecular flexibility index (Phi) is 4.19. The van der Waals surface area contributed by atoms with Crippen molar-refractivity contribution in [2.24, 2.45) is 0 Å². The van der Waals surface area contributed by atoms with E-state index < -0.39 is 5.82 Å². The monoisotopic (exact) mass is 341 g/mol. The molecule has 0 aliphatic carbocycles. The lowest BCUT2D eigenvalue weighted by Gasteiger charge is -2.17. The van der Waals surface area contributed by atoms with E-state index in [1.807, 2.05) is 18.2 Å². The van der Waals surface area contributed by atoms with Gasteiger partial charge >= 0.3 is 0 Å². The number of rotatable bonds is 4. The van der Waals surface area contributed by atoms with Crippen molar-refractivity contribution in [1.82, 2.24) is 0 Å². The molecule has 0 amide bonds. The van der Waals surface area contributed by atoms with Crippen molar-refractivity contribution in [3.05, 3.63) is 74.5 Å². The van der Waals surface area contributed by atoms with E-state index in [0.717, 1.165) is 4.88 Å². The van der Waals surface area contributed by atoms with Gasteiger partial charge in [-0.2, -0.15) is 0 Å². The highest BCUT2D eigenvalue weighted by atomic mass is 35.5. The first-order valence-corrected chi connectivity index (χ1v) is 7.70. The van der Waals surface area contributed by atoms with Gasteiger partial charge in [-0.05, 0) is 42.5 Å². The second kappa shape index (κ2) is 6.10. The fourth-order valence-corrected chi connectivity index (χ4v) is 3.37. The van der Waals surface area contributed by atoms with Crippen LogP contribution in [0.3, 0.4) is 0 Å². The minimum absolute atomic E-state index is 0.254. The molecule has 0 saturated carbocycles. The van der Waals surface area contributed by atoms with Crippen LogP contribution in [0.5, 0.6) is 0 Å². The lowest BCUT2D eigenvalue weighted by atomic mass is 10.1. The first kappa shape index (κ1) is 14.4. The molecule has 0 radical (unpaired) electrons. The molecule has 1 N–H and O–H groups in total. The van der Waals surface area contributed by atoms with Crippen molar-refractivity contribution in [2.75, 3.05) is 5.32 Å². The second-order valence-corrected chi connectivity index (χ2v) is 6.58. The van der Waals surface area contributed by atoms with Crippen LogP contribution in [0.25, 0.3) is 0 Å². The molecule has 2 aromatic heterocycles. The standard InChI is InChI=1S/C15H10Cl2FNOS/c16-9-6-10(18)8-11(7-9)19-15(12-2-1-5-20-12)13-3-4-14(17)21-13/h1-8,15,19H. The predicted molar refractivity (Wildman–Crippen MR) is 84.9 cm³/mol. The summed E-state index contributed by atoms with van der Waals surface area (Å²) in [5.74, 6) is 0.321. The van der Waals surface area contributed by atoms with Gasteiger partial charge in [0.15, 0.2) is 0 Å². The zero-order valence-electron chi connectivity index (χ0n) is 10.6. The molecular weight excluding hydrogens is 332 g/mol. The van der Waals surface area contributed by atoms with Crippen LogP contribution < -0.4 is 5.32 Å². The summed E-state index contributed by atoms with van der Waals surface area (Å²) < 4.78 is 19.6. The Morgan fingerprint density at radius 2 is 2.00 bits per heavy atom. The summed E-state index contributed by atoms with van der Waals surface area (Å²) in [7, 11) is 0. The number of thiophene rings is 1. The van der Waals surface area contributed by atoms with Crippen LogP contribution in [0.4, 0.5) is 10.1 Å². The minimum Gasteiger partial charge on any atom is -0.467 e. The SMILES string of the molecule is Fc1cc(Cl)cc(NC(c2ccco2)c2ccc(Cl)s2)c1. The Balaban J connectivity index is 1.96. The maximum absolute atomic E-state index is 13.5. The van der Waals surface area contributed by atoms with E-state index in [4.69, 9.17) is 27.6 Å². The van der Waals surface area contributed by atoms with Crippen LogP contribution in [0.2, 0.25) is 9.36 Å². The van der Waals surface area contributed by atoms with E-state index in [1.165, 1.54) is 23.5 Å². The molecule has 2 nitrogen and oxygen atoms in total. The second-order valence-electron chi connectivity index (χ2n) is 4.39. The normalized spacial score (nSPS) is 12.3. The van der Waals surface area contributed by atoms with Crippen molar-refractivity contribution in [3.63, 3.8) is 0 Å². The summed E-state index contributed by atoms with van der Waals surface area (Å²) in [4.78, 5) is 0.968. The molecule has 3 aromatic rings. The van der Waals surface area contributed by atoms with Gasteiger partial charge in [0, 0.05) is 15.6 Å². The number of nitrogens with one attached hydrogen (secondary N) is 1. The number of benzene rings is 1. The molecule has 0 aliphatic heterocycles. The van der Waals surface area contributed by atoms with E-state index in [0.29, 0.717) is 20.8 Å². The molecule has 3 rings (SSSR count). The predicted octanol–water partition coefficient (Wildman–Crippen LogP) is 5.99. The quantitative estimate of drug-likeness (QED) is 0.630. The Morgan fingerprint density at radius 1 is 1.14 bits per heavy atom. The molecule has 21 heavy (non-hydrogen) atoms. The maximum atomic E-state index is 13.5. The fraction of sp³-hybridized carbons (Fsp3) is 0.0667. The zero-order valence-corrected chi connectivity index (χ0v) is 13.0. The molecule has 0 fully saturated rings. The number of hydrogen-bond acceptors (Lipinski definition) is 3. The lowest BCUT2D eigenvalue weighted by Crippen LogP contribution is -2.10. The highest BCUT2D eigenvalue weighted by molar-refractivity contribution is 7.16. The third-order valence-electron chi connectivity index (χ3n) is 2.88. The van der Waals surface area contributed by atoms with Gasteiger partial charge in [0.25, 0.3) is 0 Å². The van der Waals surface area contributed by atoms with Gasteiger partial charge in [0.2, 0.25) is 0 Å². The van der Waals surface area contributed by atoms with E-state index in [2.05, 4.69) is 5.32 Å². The lowest BCUT2D eigenvalue weighted by molar-refractivity contribution is 0.500. The van der Waals surface area contributed by atoms with Crippen molar-refractivity contribution in [1.29, 1.82) is 0 Å². The summed E-state index contributed by atoms with van der Waals surface area (Å²) in [6.45, 7) is 0. The van der Waals surface area contributed by atoms with Gasteiger partial charge in [-0.25, -0.2) is 4.39 Å². The molecule has 1 unspecified atom stereocenters. The number of halogens is 3. The van der Waals surface area contributed by atoms with E-state index in [1.54, 1.807) is 18.4 Å². The summed E-state index contributed by atoms with van der Waals surface area (Å²) >= 11 is 13.3. The van der Waals surface area contributed by atoms with Crippen LogP contribution in [0.15, 0.2) is 53.1 Å². The molecule has 6 heteroatoms. The van der Waals surface area contributed by atoms with E-state index >= 15 is 0 Å². The van der Waals surface area contributed by atoms with Crippen LogP contribution in [-0.4, -0.2) is 0 Å². The van der Waals surface area contributed by atoms with Gasteiger partial charge in [-0.15, -0.1) is 11.3 Å². The van der Waals surface area contributed by atoms with E-state index in [-0.39, 0.29) is 6.04 Å². The van der Waals surface area contributed by atoms with Crippen LogP contribution in [0.1, 0.15) is 16.7 Å². The minimum atomic E-state index is -0.396.